The molecule has 0 unspecified atom stereocenters. The van der Waals surface area contributed by atoms with E-state index in [0.29, 0.717) is 24.2 Å². The Labute approximate surface area is 139 Å². The summed E-state index contributed by atoms with van der Waals surface area (Å²) in [5.74, 6) is 1.67. The third-order valence-corrected chi connectivity index (χ3v) is 4.70. The summed E-state index contributed by atoms with van der Waals surface area (Å²) in [4.78, 5) is 12.4. The summed E-state index contributed by atoms with van der Waals surface area (Å²) >= 11 is 0. The van der Waals surface area contributed by atoms with Crippen LogP contribution in [-0.4, -0.2) is 37.1 Å². The molecule has 23 heavy (non-hydrogen) atoms. The maximum absolute atomic E-state index is 12.4. The van der Waals surface area contributed by atoms with Gasteiger partial charge in [-0.2, -0.15) is 0 Å². The topological polar surface area (TPSA) is 67.8 Å². The predicted octanol–water partition coefficient (Wildman–Crippen LogP) is 2.45. The number of rotatable bonds is 9. The number of hydrogen-bond acceptors (Lipinski definition) is 4. The van der Waals surface area contributed by atoms with Gasteiger partial charge in [-0.15, -0.1) is 0 Å². The summed E-state index contributed by atoms with van der Waals surface area (Å²) in [5, 5.41) is 12.1. The molecule has 0 spiro atoms. The lowest BCUT2D eigenvalue weighted by molar-refractivity contribution is -0.175. The Morgan fingerprint density at radius 1 is 1.48 bits per heavy atom. The molecule has 1 aliphatic carbocycles. The van der Waals surface area contributed by atoms with E-state index in [9.17, 15) is 4.79 Å². The highest BCUT2D eigenvalue weighted by molar-refractivity contribution is 5.91. The maximum atomic E-state index is 12.4. The number of amides is 1. The van der Waals surface area contributed by atoms with Crippen molar-refractivity contribution in [2.75, 3.05) is 19.8 Å². The Bertz CT molecular complexity index is 417. The molecule has 0 aromatic rings. The molecule has 1 fully saturated rings. The lowest BCUT2D eigenvalue weighted by atomic mass is 9.78. The van der Waals surface area contributed by atoms with Crippen LogP contribution in [0.3, 0.4) is 0 Å². The molecule has 1 amide bonds. The largest absolute Gasteiger partial charge is 0.459 e. The first kappa shape index (κ1) is 18.3. The Morgan fingerprint density at radius 2 is 2.22 bits per heavy atom. The summed E-state index contributed by atoms with van der Waals surface area (Å²) < 4.78 is 11.6. The van der Waals surface area contributed by atoms with Crippen molar-refractivity contribution < 1.29 is 19.4 Å². The van der Waals surface area contributed by atoms with Gasteiger partial charge in [0.05, 0.1) is 0 Å². The van der Waals surface area contributed by atoms with E-state index in [1.165, 1.54) is 12.8 Å². The van der Waals surface area contributed by atoms with Gasteiger partial charge in [-0.05, 0) is 56.4 Å². The molecule has 132 valence electrons. The van der Waals surface area contributed by atoms with Crippen LogP contribution in [0.5, 0.6) is 0 Å². The first-order chi connectivity index (χ1) is 11.1. The van der Waals surface area contributed by atoms with Crippen LogP contribution >= 0.6 is 0 Å². The van der Waals surface area contributed by atoms with Gasteiger partial charge >= 0.3 is 0 Å². The van der Waals surface area contributed by atoms with E-state index >= 15 is 0 Å². The fraction of sp³-hybridized carbons (Fsp3) is 0.833. The molecule has 1 saturated carbocycles. The molecule has 0 saturated heterocycles. The Balaban J connectivity index is 2.09. The quantitative estimate of drug-likeness (QED) is 0.683. The van der Waals surface area contributed by atoms with Crippen molar-refractivity contribution in [1.82, 2.24) is 5.32 Å². The second-order valence-electron chi connectivity index (χ2n) is 6.98. The third kappa shape index (κ3) is 5.21. The van der Waals surface area contributed by atoms with Gasteiger partial charge in [0.2, 0.25) is 6.29 Å². The molecular formula is C18H31NO4. The van der Waals surface area contributed by atoms with E-state index in [1.54, 1.807) is 0 Å². The number of aliphatic hydroxyl groups is 1. The molecule has 2 N–H and O–H groups in total. The highest BCUT2D eigenvalue weighted by Gasteiger charge is 2.38. The zero-order chi connectivity index (χ0) is 16.8. The number of carbonyl (C=O) groups is 1. The van der Waals surface area contributed by atoms with Gasteiger partial charge in [0.15, 0.2) is 5.76 Å². The van der Waals surface area contributed by atoms with E-state index < -0.39 is 6.29 Å². The molecule has 0 bridgehead atoms. The van der Waals surface area contributed by atoms with E-state index in [-0.39, 0.29) is 24.3 Å². The molecule has 2 rings (SSSR count). The summed E-state index contributed by atoms with van der Waals surface area (Å²) in [6.45, 7) is 7.68. The van der Waals surface area contributed by atoms with E-state index in [2.05, 4.69) is 19.2 Å². The number of aliphatic hydroxyl groups excluding tert-OH is 1. The Kier molecular flexibility index (Phi) is 6.90. The smallest absolute Gasteiger partial charge is 0.286 e. The molecule has 0 aromatic heterocycles. The molecule has 2 aliphatic rings. The van der Waals surface area contributed by atoms with Crippen LogP contribution in [-0.2, 0) is 14.3 Å². The van der Waals surface area contributed by atoms with Crippen molar-refractivity contribution in [1.29, 1.82) is 0 Å². The number of allylic oxidation sites excluding steroid dienone is 1. The fourth-order valence-electron chi connectivity index (χ4n) is 3.17. The Morgan fingerprint density at radius 3 is 2.78 bits per heavy atom. The molecule has 0 radical (unpaired) electrons. The molecule has 1 aliphatic heterocycles. The zero-order valence-electron chi connectivity index (χ0n) is 14.6. The lowest BCUT2D eigenvalue weighted by Gasteiger charge is -2.38. The van der Waals surface area contributed by atoms with Gasteiger partial charge in [-0.1, -0.05) is 13.8 Å². The van der Waals surface area contributed by atoms with Crippen LogP contribution in [0.4, 0.5) is 0 Å². The van der Waals surface area contributed by atoms with Crippen LogP contribution < -0.4 is 5.32 Å². The molecule has 3 atom stereocenters. The highest BCUT2D eigenvalue weighted by Crippen LogP contribution is 2.37. The first-order valence-electron chi connectivity index (χ1n) is 8.95. The Hall–Kier alpha value is -1.07. The van der Waals surface area contributed by atoms with Crippen LogP contribution in [0.15, 0.2) is 11.8 Å². The van der Waals surface area contributed by atoms with Crippen LogP contribution in [0, 0.1) is 23.7 Å². The van der Waals surface area contributed by atoms with Gasteiger partial charge in [0, 0.05) is 25.7 Å². The second-order valence-corrected chi connectivity index (χ2v) is 6.98. The van der Waals surface area contributed by atoms with E-state index in [1.807, 2.05) is 13.0 Å². The second kappa shape index (κ2) is 8.69. The van der Waals surface area contributed by atoms with E-state index in [0.717, 1.165) is 19.4 Å². The number of ether oxygens (including phenoxy) is 2. The molecular weight excluding hydrogens is 294 g/mol. The monoisotopic (exact) mass is 325 g/mol. The fourth-order valence-corrected chi connectivity index (χ4v) is 3.17. The average Bonchev–Trinajstić information content (AvgIpc) is 3.35. The van der Waals surface area contributed by atoms with Crippen molar-refractivity contribution in [3.05, 3.63) is 11.8 Å². The van der Waals surface area contributed by atoms with E-state index in [4.69, 9.17) is 14.6 Å². The molecule has 5 nitrogen and oxygen atoms in total. The summed E-state index contributed by atoms with van der Waals surface area (Å²) in [6.07, 6.45) is 5.52. The highest BCUT2D eigenvalue weighted by atomic mass is 16.7. The van der Waals surface area contributed by atoms with Crippen molar-refractivity contribution >= 4 is 5.91 Å². The predicted molar refractivity (Wildman–Crippen MR) is 88.5 cm³/mol. The van der Waals surface area contributed by atoms with Crippen LogP contribution in [0.25, 0.3) is 0 Å². The van der Waals surface area contributed by atoms with Gasteiger partial charge in [0.1, 0.15) is 0 Å². The van der Waals surface area contributed by atoms with Crippen molar-refractivity contribution in [2.24, 2.45) is 23.7 Å². The maximum Gasteiger partial charge on any atom is 0.286 e. The van der Waals surface area contributed by atoms with Gasteiger partial charge < -0.3 is 19.9 Å². The minimum atomic E-state index is -0.411. The van der Waals surface area contributed by atoms with Crippen molar-refractivity contribution in [2.45, 2.75) is 52.7 Å². The van der Waals surface area contributed by atoms with Gasteiger partial charge in [-0.25, -0.2) is 0 Å². The van der Waals surface area contributed by atoms with Gasteiger partial charge in [-0.3, -0.25) is 4.79 Å². The molecule has 0 aromatic carbocycles. The number of nitrogens with one attached hydrogen (secondary N) is 1. The third-order valence-electron chi connectivity index (χ3n) is 4.70. The lowest BCUT2D eigenvalue weighted by Crippen LogP contribution is -2.41. The minimum absolute atomic E-state index is 0.132. The summed E-state index contributed by atoms with van der Waals surface area (Å²) in [6, 6.07) is 0. The summed E-state index contributed by atoms with van der Waals surface area (Å²) in [5.41, 5.74) is 0. The normalized spacial score (nSPS) is 27.5. The van der Waals surface area contributed by atoms with Crippen LogP contribution in [0.1, 0.15) is 46.5 Å². The molecule has 5 heteroatoms. The van der Waals surface area contributed by atoms with Crippen molar-refractivity contribution in [3.63, 3.8) is 0 Å². The average molecular weight is 325 g/mol. The molecule has 1 heterocycles. The SMILES string of the molecule is CCO[C@H]1OC(C(=O)NCC2CC2)=C[C@@H](C(C)C)[C@H]1CCCO. The number of hydrogen-bond donors (Lipinski definition) is 2. The first-order valence-corrected chi connectivity index (χ1v) is 8.95. The summed E-state index contributed by atoms with van der Waals surface area (Å²) in [7, 11) is 0. The van der Waals surface area contributed by atoms with Gasteiger partial charge in [0.25, 0.3) is 5.91 Å². The van der Waals surface area contributed by atoms with Crippen LogP contribution in [0.2, 0.25) is 0 Å². The standard InChI is InChI=1S/C18H31NO4/c1-4-22-18-14(6-5-9-20)15(12(2)3)10-16(23-18)17(21)19-11-13-7-8-13/h10,12-15,18,20H,4-9,11H2,1-3H3,(H,19,21)/t14-,15+,18+/m1/s1. The number of carbonyl (C=O) groups excluding carboxylic acids is 1. The minimum Gasteiger partial charge on any atom is -0.459 e. The zero-order valence-corrected chi connectivity index (χ0v) is 14.6. The van der Waals surface area contributed by atoms with Crippen molar-refractivity contribution in [3.8, 4) is 0 Å².